The van der Waals surface area contributed by atoms with Crippen molar-refractivity contribution in [3.8, 4) is 11.5 Å². The summed E-state index contributed by atoms with van der Waals surface area (Å²) in [6, 6.07) is 11.2. The van der Waals surface area contributed by atoms with Crippen molar-refractivity contribution in [2.45, 2.75) is 18.9 Å². The van der Waals surface area contributed by atoms with Gasteiger partial charge in [-0.05, 0) is 24.6 Å². The molecule has 3 aromatic rings. The number of ether oxygens (including phenoxy) is 2. The molecule has 2 aromatic heterocycles. The van der Waals surface area contributed by atoms with Crippen LogP contribution in [0.2, 0.25) is 0 Å². The van der Waals surface area contributed by atoms with Gasteiger partial charge < -0.3 is 19.2 Å². The maximum absolute atomic E-state index is 12.6. The minimum atomic E-state index is -0.0640. The minimum absolute atomic E-state index is 0.0178. The molecule has 2 heterocycles. The first kappa shape index (κ1) is 17.2. The molecule has 7 nitrogen and oxygen atoms in total. The molecule has 1 saturated carbocycles. The highest BCUT2D eigenvalue weighted by Gasteiger charge is 2.46. The number of rotatable bonds is 7. The van der Waals surface area contributed by atoms with E-state index in [1.807, 2.05) is 30.3 Å². The number of hydrogen-bond acceptors (Lipinski definition) is 5. The molecule has 1 aliphatic rings. The van der Waals surface area contributed by atoms with Crippen molar-refractivity contribution in [1.29, 1.82) is 0 Å². The van der Waals surface area contributed by atoms with Crippen LogP contribution in [0.3, 0.4) is 0 Å². The number of carbonyl (C=O) groups excluding carboxylic acids is 1. The maximum Gasteiger partial charge on any atom is 0.229 e. The fourth-order valence-corrected chi connectivity index (χ4v) is 3.32. The molecule has 0 unspecified atom stereocenters. The molecule has 4 rings (SSSR count). The fourth-order valence-electron chi connectivity index (χ4n) is 3.32. The van der Waals surface area contributed by atoms with Gasteiger partial charge in [-0.2, -0.15) is 5.10 Å². The SMILES string of the molecule is COc1cccc(Cn2nccc2NC(=O)[C@H]2C[C@@H]2c2ccco2)c1OC. The lowest BCUT2D eigenvalue weighted by Gasteiger charge is -2.14. The van der Waals surface area contributed by atoms with Gasteiger partial charge in [0.25, 0.3) is 0 Å². The van der Waals surface area contributed by atoms with Crippen molar-refractivity contribution >= 4 is 11.7 Å². The summed E-state index contributed by atoms with van der Waals surface area (Å²) >= 11 is 0. The van der Waals surface area contributed by atoms with Crippen LogP contribution in [0, 0.1) is 5.92 Å². The Labute approximate surface area is 156 Å². The van der Waals surface area contributed by atoms with Gasteiger partial charge >= 0.3 is 0 Å². The van der Waals surface area contributed by atoms with Crippen molar-refractivity contribution < 1.29 is 18.7 Å². The third kappa shape index (κ3) is 3.40. The van der Waals surface area contributed by atoms with Crippen LogP contribution in [0.25, 0.3) is 0 Å². The molecule has 7 heteroatoms. The molecular formula is C20H21N3O4. The van der Waals surface area contributed by atoms with Gasteiger partial charge in [-0.25, -0.2) is 4.68 Å². The molecular weight excluding hydrogens is 346 g/mol. The molecule has 0 saturated heterocycles. The Morgan fingerprint density at radius 2 is 2.15 bits per heavy atom. The number of nitrogens with one attached hydrogen (secondary N) is 1. The van der Waals surface area contributed by atoms with Crippen molar-refractivity contribution in [1.82, 2.24) is 9.78 Å². The largest absolute Gasteiger partial charge is 0.493 e. The standard InChI is InChI=1S/C20H21N3O4/c1-25-17-6-3-5-13(19(17)26-2)12-23-18(8-9-21-23)22-20(24)15-11-14(15)16-7-4-10-27-16/h3-10,14-15H,11-12H2,1-2H3,(H,22,24)/t14-,15-/m0/s1. The Balaban J connectivity index is 1.47. The van der Waals surface area contributed by atoms with E-state index in [-0.39, 0.29) is 17.7 Å². The topological polar surface area (TPSA) is 78.5 Å². The second-order valence-electron chi connectivity index (χ2n) is 6.48. The molecule has 0 spiro atoms. The highest BCUT2D eigenvalue weighted by molar-refractivity contribution is 5.94. The molecule has 0 bridgehead atoms. The molecule has 27 heavy (non-hydrogen) atoms. The van der Waals surface area contributed by atoms with E-state index >= 15 is 0 Å². The van der Waals surface area contributed by atoms with E-state index < -0.39 is 0 Å². The summed E-state index contributed by atoms with van der Waals surface area (Å²) < 4.78 is 18.0. The van der Waals surface area contributed by atoms with E-state index in [9.17, 15) is 4.79 Å². The molecule has 1 aromatic carbocycles. The van der Waals surface area contributed by atoms with Crippen LogP contribution >= 0.6 is 0 Å². The quantitative estimate of drug-likeness (QED) is 0.693. The van der Waals surface area contributed by atoms with E-state index in [2.05, 4.69) is 10.4 Å². The van der Waals surface area contributed by atoms with E-state index in [1.54, 1.807) is 37.4 Å². The van der Waals surface area contributed by atoms with Gasteiger partial charge in [-0.15, -0.1) is 0 Å². The van der Waals surface area contributed by atoms with Gasteiger partial charge in [0.15, 0.2) is 11.5 Å². The van der Waals surface area contributed by atoms with E-state index in [0.717, 1.165) is 17.7 Å². The van der Waals surface area contributed by atoms with Crippen molar-refractivity contribution in [3.05, 3.63) is 60.2 Å². The number of aromatic nitrogens is 2. The maximum atomic E-state index is 12.6. The lowest BCUT2D eigenvalue weighted by Crippen LogP contribution is -2.18. The van der Waals surface area contributed by atoms with Gasteiger partial charge in [0, 0.05) is 23.5 Å². The number of methoxy groups -OCH3 is 2. The zero-order valence-corrected chi connectivity index (χ0v) is 15.2. The molecule has 140 valence electrons. The van der Waals surface area contributed by atoms with Gasteiger partial charge in [-0.1, -0.05) is 12.1 Å². The monoisotopic (exact) mass is 367 g/mol. The predicted molar refractivity (Wildman–Crippen MR) is 99.1 cm³/mol. The van der Waals surface area contributed by atoms with Crippen LogP contribution in [0.1, 0.15) is 23.7 Å². The Bertz CT molecular complexity index is 933. The second kappa shape index (κ2) is 7.19. The van der Waals surface area contributed by atoms with Crippen molar-refractivity contribution in [2.75, 3.05) is 19.5 Å². The fraction of sp³-hybridized carbons (Fsp3) is 0.300. The number of amides is 1. The van der Waals surface area contributed by atoms with Gasteiger partial charge in [-0.3, -0.25) is 4.79 Å². The average Bonchev–Trinajstić information content (AvgIpc) is 3.08. The predicted octanol–water partition coefficient (Wildman–Crippen LogP) is 3.28. The van der Waals surface area contributed by atoms with Crippen LogP contribution < -0.4 is 14.8 Å². The molecule has 1 amide bonds. The summed E-state index contributed by atoms with van der Waals surface area (Å²) in [5.41, 5.74) is 0.913. The van der Waals surface area contributed by atoms with Crippen LogP contribution in [0.15, 0.2) is 53.3 Å². The first-order valence-corrected chi connectivity index (χ1v) is 8.77. The van der Waals surface area contributed by atoms with Crippen molar-refractivity contribution in [2.24, 2.45) is 5.92 Å². The first-order chi connectivity index (χ1) is 13.2. The van der Waals surface area contributed by atoms with Gasteiger partial charge in [0.2, 0.25) is 5.91 Å². The Kier molecular flexibility index (Phi) is 4.58. The highest BCUT2D eigenvalue weighted by Crippen LogP contribution is 2.48. The van der Waals surface area contributed by atoms with Gasteiger partial charge in [0.1, 0.15) is 11.6 Å². The van der Waals surface area contributed by atoms with Crippen LogP contribution in [0.4, 0.5) is 5.82 Å². The number of hydrogen-bond donors (Lipinski definition) is 1. The minimum Gasteiger partial charge on any atom is -0.493 e. The molecule has 0 radical (unpaired) electrons. The lowest BCUT2D eigenvalue weighted by atomic mass is 10.2. The third-order valence-corrected chi connectivity index (χ3v) is 4.81. The lowest BCUT2D eigenvalue weighted by molar-refractivity contribution is -0.117. The molecule has 1 N–H and O–H groups in total. The highest BCUT2D eigenvalue weighted by atomic mass is 16.5. The Morgan fingerprint density at radius 3 is 2.89 bits per heavy atom. The Hall–Kier alpha value is -3.22. The number of nitrogens with zero attached hydrogens (tertiary/aromatic N) is 2. The summed E-state index contributed by atoms with van der Waals surface area (Å²) in [6.45, 7) is 0.454. The van der Waals surface area contributed by atoms with E-state index in [0.29, 0.717) is 23.9 Å². The summed E-state index contributed by atoms with van der Waals surface area (Å²) in [5.74, 6) is 2.91. The number of anilines is 1. The number of furan rings is 1. The van der Waals surface area contributed by atoms with Crippen LogP contribution in [0.5, 0.6) is 11.5 Å². The summed E-state index contributed by atoms with van der Waals surface area (Å²) in [7, 11) is 3.21. The molecule has 1 fully saturated rings. The molecule has 1 aliphatic carbocycles. The summed E-state index contributed by atoms with van der Waals surface area (Å²) in [6.07, 6.45) is 4.11. The van der Waals surface area contributed by atoms with E-state index in [1.165, 1.54) is 0 Å². The third-order valence-electron chi connectivity index (χ3n) is 4.81. The zero-order chi connectivity index (χ0) is 18.8. The summed E-state index contributed by atoms with van der Waals surface area (Å²) in [5, 5.41) is 7.31. The van der Waals surface area contributed by atoms with Crippen molar-refractivity contribution in [3.63, 3.8) is 0 Å². The number of para-hydroxylation sites is 1. The molecule has 0 aliphatic heterocycles. The zero-order valence-electron chi connectivity index (χ0n) is 15.2. The summed E-state index contributed by atoms with van der Waals surface area (Å²) in [4.78, 5) is 12.6. The van der Waals surface area contributed by atoms with Crippen LogP contribution in [-0.2, 0) is 11.3 Å². The smallest absolute Gasteiger partial charge is 0.229 e. The normalized spacial score (nSPS) is 18.1. The Morgan fingerprint density at radius 1 is 1.26 bits per heavy atom. The number of carbonyl (C=O) groups is 1. The number of benzene rings is 1. The first-order valence-electron chi connectivity index (χ1n) is 8.77. The van der Waals surface area contributed by atoms with Gasteiger partial charge in [0.05, 0.1) is 33.2 Å². The second-order valence-corrected chi connectivity index (χ2v) is 6.48. The van der Waals surface area contributed by atoms with E-state index in [4.69, 9.17) is 13.9 Å². The molecule has 2 atom stereocenters. The van der Waals surface area contributed by atoms with Crippen LogP contribution in [-0.4, -0.2) is 29.9 Å². The average molecular weight is 367 g/mol.